The third kappa shape index (κ3) is 5.47. The summed E-state index contributed by atoms with van der Waals surface area (Å²) in [6.45, 7) is 6.25. The van der Waals surface area contributed by atoms with Crippen molar-refractivity contribution in [1.82, 2.24) is 19.8 Å². The van der Waals surface area contributed by atoms with Gasteiger partial charge in [0.1, 0.15) is 0 Å². The molecule has 5 rings (SSSR count). The standard InChI is InChI=1S/C31H40F2N4O2S/c1-18-14-27(40-5)25(29(38)35-18)17-34-30(39)28-20(3)37(26-9-7-6-8-24(26)28)19(2)21-10-12-22(13-11-21)36(4)23-15-31(32,33)16-23/h6-9,14,19,21-23H,10-13,15-17H2,1-5H3,(H,34,39)(H,35,38)/t19-,21?,22?/m1/s1. The van der Waals surface area contributed by atoms with Crippen LogP contribution in [0, 0.1) is 19.8 Å². The molecule has 2 aliphatic rings. The first kappa shape index (κ1) is 28.9. The topological polar surface area (TPSA) is 70.1 Å². The largest absolute Gasteiger partial charge is 0.348 e. The van der Waals surface area contributed by atoms with Crippen molar-refractivity contribution in [2.75, 3.05) is 13.3 Å². The van der Waals surface area contributed by atoms with Crippen LogP contribution in [0.25, 0.3) is 10.9 Å². The van der Waals surface area contributed by atoms with Gasteiger partial charge in [0.05, 0.1) is 5.56 Å². The van der Waals surface area contributed by atoms with Gasteiger partial charge in [-0.3, -0.25) is 9.59 Å². The number of aromatic amines is 1. The van der Waals surface area contributed by atoms with Gasteiger partial charge in [0.25, 0.3) is 17.4 Å². The molecule has 2 heterocycles. The van der Waals surface area contributed by atoms with E-state index in [0.29, 0.717) is 23.1 Å². The van der Waals surface area contributed by atoms with Crippen LogP contribution in [0.2, 0.25) is 0 Å². The second-order valence-electron chi connectivity index (χ2n) is 11.8. The molecule has 40 heavy (non-hydrogen) atoms. The van der Waals surface area contributed by atoms with Crippen molar-refractivity contribution in [3.63, 3.8) is 0 Å². The van der Waals surface area contributed by atoms with E-state index in [9.17, 15) is 18.4 Å². The summed E-state index contributed by atoms with van der Waals surface area (Å²) in [5.41, 5.74) is 3.79. The van der Waals surface area contributed by atoms with Crippen molar-refractivity contribution >= 4 is 28.6 Å². The van der Waals surface area contributed by atoms with Gasteiger partial charge in [-0.15, -0.1) is 11.8 Å². The van der Waals surface area contributed by atoms with Crippen LogP contribution in [-0.4, -0.2) is 51.7 Å². The highest BCUT2D eigenvalue weighted by atomic mass is 32.2. The lowest BCUT2D eigenvalue weighted by atomic mass is 9.79. The molecule has 9 heteroatoms. The predicted octanol–water partition coefficient (Wildman–Crippen LogP) is 6.45. The fourth-order valence-electron chi connectivity index (χ4n) is 6.91. The number of aromatic nitrogens is 2. The first-order chi connectivity index (χ1) is 19.0. The monoisotopic (exact) mass is 570 g/mol. The quantitative estimate of drug-likeness (QED) is 0.306. The van der Waals surface area contributed by atoms with Crippen LogP contribution in [0.5, 0.6) is 0 Å². The number of H-pyrrole nitrogens is 1. The molecular weight excluding hydrogens is 530 g/mol. The van der Waals surface area contributed by atoms with E-state index < -0.39 is 5.92 Å². The Morgan fingerprint density at radius 2 is 1.85 bits per heavy atom. The molecule has 0 bridgehead atoms. The number of amides is 1. The summed E-state index contributed by atoms with van der Waals surface area (Å²) in [5, 5.41) is 3.93. The minimum Gasteiger partial charge on any atom is -0.348 e. The summed E-state index contributed by atoms with van der Waals surface area (Å²) in [4.78, 5) is 32.1. The summed E-state index contributed by atoms with van der Waals surface area (Å²) < 4.78 is 29.1. The number of hydrogen-bond donors (Lipinski definition) is 2. The number of halogens is 2. The number of rotatable bonds is 8. The second-order valence-corrected chi connectivity index (χ2v) is 12.6. The molecule has 6 nitrogen and oxygen atoms in total. The first-order valence-electron chi connectivity index (χ1n) is 14.2. The van der Waals surface area contributed by atoms with E-state index in [1.165, 1.54) is 11.8 Å². The highest BCUT2D eigenvalue weighted by molar-refractivity contribution is 7.98. The molecule has 0 saturated heterocycles. The maximum atomic E-state index is 13.6. The van der Waals surface area contributed by atoms with Crippen molar-refractivity contribution in [1.29, 1.82) is 0 Å². The minimum atomic E-state index is -2.49. The molecule has 0 aliphatic heterocycles. The molecule has 1 atom stereocenters. The number of carbonyl (C=O) groups is 1. The second kappa shape index (κ2) is 11.3. The smallest absolute Gasteiger partial charge is 0.254 e. The number of nitrogens with one attached hydrogen (secondary N) is 2. The van der Waals surface area contributed by atoms with E-state index in [0.717, 1.165) is 52.9 Å². The van der Waals surface area contributed by atoms with Crippen LogP contribution in [0.1, 0.15) is 78.8 Å². The lowest BCUT2D eigenvalue weighted by molar-refractivity contribution is -0.129. The van der Waals surface area contributed by atoms with Crippen LogP contribution in [0.15, 0.2) is 40.0 Å². The zero-order valence-corrected chi connectivity index (χ0v) is 24.8. The number of pyridine rings is 1. The van der Waals surface area contributed by atoms with Gasteiger partial charge in [-0.05, 0) is 77.8 Å². The van der Waals surface area contributed by atoms with Gasteiger partial charge in [-0.1, -0.05) is 18.2 Å². The van der Waals surface area contributed by atoms with Gasteiger partial charge in [-0.2, -0.15) is 0 Å². The Hall–Kier alpha value is -2.65. The molecule has 216 valence electrons. The van der Waals surface area contributed by atoms with Crippen molar-refractivity contribution in [3.05, 3.63) is 63.2 Å². The number of hydrogen-bond acceptors (Lipinski definition) is 4. The Bertz CT molecular complexity index is 1450. The average Bonchev–Trinajstić information content (AvgIpc) is 3.21. The van der Waals surface area contributed by atoms with Gasteiger partial charge in [0.2, 0.25) is 0 Å². The Kier molecular flexibility index (Phi) is 8.17. The van der Waals surface area contributed by atoms with Crippen molar-refractivity contribution in [2.45, 2.75) is 94.8 Å². The third-order valence-corrected chi connectivity index (χ3v) is 10.1. The van der Waals surface area contributed by atoms with Gasteiger partial charge in [-0.25, -0.2) is 8.78 Å². The number of benzene rings is 1. The fraction of sp³-hybridized carbons (Fsp3) is 0.548. The summed E-state index contributed by atoms with van der Waals surface area (Å²) in [5.74, 6) is -2.24. The van der Waals surface area contributed by atoms with Crippen molar-refractivity contribution in [2.24, 2.45) is 5.92 Å². The molecule has 1 aromatic carbocycles. The maximum Gasteiger partial charge on any atom is 0.254 e. The van der Waals surface area contributed by atoms with Gasteiger partial charge >= 0.3 is 0 Å². The Balaban J connectivity index is 1.33. The Morgan fingerprint density at radius 1 is 1.18 bits per heavy atom. The molecule has 2 saturated carbocycles. The number of para-hydroxylation sites is 1. The minimum absolute atomic E-state index is 0.00632. The highest BCUT2D eigenvalue weighted by Gasteiger charge is 2.48. The van der Waals surface area contributed by atoms with Crippen LogP contribution >= 0.6 is 11.8 Å². The third-order valence-electron chi connectivity index (χ3n) is 9.31. The number of aryl methyl sites for hydroxylation is 1. The Labute approximate surface area is 238 Å². The van der Waals surface area contributed by atoms with Gasteiger partial charge in [0, 0.05) is 70.3 Å². The van der Waals surface area contributed by atoms with Crippen LogP contribution in [-0.2, 0) is 6.54 Å². The van der Waals surface area contributed by atoms with Crippen LogP contribution < -0.4 is 10.9 Å². The molecule has 0 radical (unpaired) electrons. The number of nitrogens with zero attached hydrogens (tertiary/aromatic N) is 2. The summed E-state index contributed by atoms with van der Waals surface area (Å²) in [7, 11) is 2.01. The average molecular weight is 571 g/mol. The van der Waals surface area contributed by atoms with E-state index in [2.05, 4.69) is 32.8 Å². The highest BCUT2D eigenvalue weighted by Crippen LogP contribution is 2.44. The number of alkyl halides is 2. The lowest BCUT2D eigenvalue weighted by Crippen LogP contribution is -2.53. The Morgan fingerprint density at radius 3 is 2.50 bits per heavy atom. The van der Waals surface area contributed by atoms with E-state index in [1.54, 1.807) is 0 Å². The molecule has 0 unspecified atom stereocenters. The van der Waals surface area contributed by atoms with Crippen molar-refractivity contribution < 1.29 is 13.6 Å². The van der Waals surface area contributed by atoms with E-state index >= 15 is 0 Å². The van der Waals surface area contributed by atoms with Crippen molar-refractivity contribution in [3.8, 4) is 0 Å². The first-order valence-corrected chi connectivity index (χ1v) is 15.5. The molecule has 2 aliphatic carbocycles. The molecule has 1 amide bonds. The fourth-order valence-corrected chi connectivity index (χ4v) is 7.62. The predicted molar refractivity (Wildman–Crippen MR) is 158 cm³/mol. The van der Waals surface area contributed by atoms with E-state index in [-0.39, 0.29) is 42.9 Å². The number of carbonyl (C=O) groups excluding carboxylic acids is 1. The zero-order valence-electron chi connectivity index (χ0n) is 24.0. The molecular formula is C31H40F2N4O2S. The molecule has 2 N–H and O–H groups in total. The summed E-state index contributed by atoms with van der Waals surface area (Å²) >= 11 is 1.50. The maximum absolute atomic E-state index is 13.6. The van der Waals surface area contributed by atoms with E-state index in [4.69, 9.17) is 0 Å². The number of thioether (sulfide) groups is 1. The van der Waals surface area contributed by atoms with E-state index in [1.807, 2.05) is 51.4 Å². The summed E-state index contributed by atoms with van der Waals surface area (Å²) in [6.07, 6.45) is 5.95. The molecule has 2 aromatic heterocycles. The van der Waals surface area contributed by atoms with Crippen LogP contribution in [0.3, 0.4) is 0 Å². The number of fused-ring (bicyclic) bond motifs is 1. The SMILES string of the molecule is CSc1cc(C)[nH]c(=O)c1CNC(=O)c1c(C)n([C@H](C)C2CCC(N(C)C3CC(F)(F)C3)CC2)c2ccccc12. The molecule has 2 fully saturated rings. The van der Waals surface area contributed by atoms with Crippen LogP contribution in [0.4, 0.5) is 8.78 Å². The van der Waals surface area contributed by atoms with Gasteiger partial charge < -0.3 is 19.8 Å². The zero-order chi connectivity index (χ0) is 28.8. The lowest BCUT2D eigenvalue weighted by Gasteiger charge is -2.46. The van der Waals surface area contributed by atoms with Gasteiger partial charge in [0.15, 0.2) is 0 Å². The summed E-state index contributed by atoms with van der Waals surface area (Å²) in [6, 6.07) is 10.5. The normalized spacial score (nSPS) is 21.9. The molecule has 0 spiro atoms. The molecule has 3 aromatic rings.